The Morgan fingerprint density at radius 1 is 1.17 bits per heavy atom. The molecule has 0 saturated carbocycles. The molecule has 158 valence electrons. The largest absolute Gasteiger partial charge is 0.394 e. The van der Waals surface area contributed by atoms with Gasteiger partial charge in [0.2, 0.25) is 0 Å². The highest BCUT2D eigenvalue weighted by atomic mass is 16.3. The fourth-order valence-corrected chi connectivity index (χ4v) is 5.26. The molecule has 0 aliphatic carbocycles. The van der Waals surface area contributed by atoms with E-state index in [4.69, 9.17) is 0 Å². The zero-order valence-electron chi connectivity index (χ0n) is 17.3. The van der Waals surface area contributed by atoms with Crippen molar-refractivity contribution in [3.63, 3.8) is 0 Å². The number of nitrogens with zero attached hydrogens (tertiary/aromatic N) is 4. The van der Waals surface area contributed by atoms with Crippen LogP contribution in [0, 0.1) is 6.92 Å². The van der Waals surface area contributed by atoms with Crippen LogP contribution in [0.15, 0.2) is 42.9 Å². The zero-order chi connectivity index (χ0) is 20.7. The minimum Gasteiger partial charge on any atom is -0.394 e. The molecule has 2 bridgehead atoms. The number of anilines is 1. The van der Waals surface area contributed by atoms with Crippen LogP contribution in [-0.4, -0.2) is 54.5 Å². The van der Waals surface area contributed by atoms with Gasteiger partial charge in [0.15, 0.2) is 5.82 Å². The number of fused-ring (bicyclic) bond motifs is 3. The lowest BCUT2D eigenvalue weighted by atomic mass is 9.99. The number of rotatable bonds is 6. The Morgan fingerprint density at radius 2 is 1.90 bits per heavy atom. The molecule has 3 unspecified atom stereocenters. The Kier molecular flexibility index (Phi) is 5.18. The number of hydrogen-bond acceptors (Lipinski definition) is 6. The number of hydrogen-bond donors (Lipinski definition) is 3. The van der Waals surface area contributed by atoms with Crippen LogP contribution in [-0.2, 0) is 6.54 Å². The van der Waals surface area contributed by atoms with Gasteiger partial charge in [0.25, 0.3) is 0 Å². The lowest BCUT2D eigenvalue weighted by molar-refractivity contribution is 0.0309. The molecule has 3 atom stereocenters. The third-order valence-corrected chi connectivity index (χ3v) is 6.84. The molecule has 0 spiro atoms. The first-order valence-corrected chi connectivity index (χ1v) is 10.8. The highest BCUT2D eigenvalue weighted by molar-refractivity contribution is 5.73. The molecule has 2 fully saturated rings. The molecule has 0 amide bonds. The average molecular weight is 408 g/mol. The van der Waals surface area contributed by atoms with Gasteiger partial charge in [0.05, 0.1) is 18.8 Å². The fraction of sp³-hybridized carbons (Fsp3) is 0.478. The molecule has 5 rings (SSSR count). The molecule has 2 aliphatic heterocycles. The third kappa shape index (κ3) is 3.47. The SMILES string of the molecule is Cc1c(CN2C3CCC2CC(O)C3)cn2ncnc(NC(CO)c3ccccc3)c12. The summed E-state index contributed by atoms with van der Waals surface area (Å²) in [4.78, 5) is 7.06. The minimum absolute atomic E-state index is 0.0216. The summed E-state index contributed by atoms with van der Waals surface area (Å²) in [6, 6.07) is 10.6. The van der Waals surface area contributed by atoms with Gasteiger partial charge in [0.1, 0.15) is 11.8 Å². The zero-order valence-corrected chi connectivity index (χ0v) is 17.3. The molecule has 3 aromatic rings. The number of aryl methyl sites for hydroxylation is 1. The summed E-state index contributed by atoms with van der Waals surface area (Å²) in [5, 5.41) is 27.9. The number of benzene rings is 1. The van der Waals surface area contributed by atoms with Crippen LogP contribution >= 0.6 is 0 Å². The second kappa shape index (κ2) is 7.98. The molecule has 2 aromatic heterocycles. The van der Waals surface area contributed by atoms with E-state index in [9.17, 15) is 10.2 Å². The quantitative estimate of drug-likeness (QED) is 0.583. The molecule has 2 saturated heterocycles. The van der Waals surface area contributed by atoms with Crippen LogP contribution < -0.4 is 5.32 Å². The summed E-state index contributed by atoms with van der Waals surface area (Å²) in [5.41, 5.74) is 4.37. The van der Waals surface area contributed by atoms with Crippen molar-refractivity contribution < 1.29 is 10.2 Å². The number of aliphatic hydroxyl groups excluding tert-OH is 2. The van der Waals surface area contributed by atoms with Crippen LogP contribution in [0.3, 0.4) is 0 Å². The highest BCUT2D eigenvalue weighted by Crippen LogP contribution is 2.38. The van der Waals surface area contributed by atoms with Crippen molar-refractivity contribution in [1.29, 1.82) is 0 Å². The van der Waals surface area contributed by atoms with Crippen molar-refractivity contribution in [2.45, 2.75) is 63.4 Å². The maximum atomic E-state index is 10.1. The maximum Gasteiger partial charge on any atom is 0.154 e. The first-order valence-electron chi connectivity index (χ1n) is 10.8. The van der Waals surface area contributed by atoms with Gasteiger partial charge in [-0.3, -0.25) is 4.90 Å². The van der Waals surface area contributed by atoms with Crippen molar-refractivity contribution >= 4 is 11.3 Å². The Morgan fingerprint density at radius 3 is 2.60 bits per heavy atom. The number of piperidine rings is 1. The van der Waals surface area contributed by atoms with E-state index in [0.29, 0.717) is 12.1 Å². The second-order valence-corrected chi connectivity index (χ2v) is 8.65. The molecular formula is C23H29N5O2. The minimum atomic E-state index is -0.234. The second-order valence-electron chi connectivity index (χ2n) is 8.65. The van der Waals surface area contributed by atoms with Crippen LogP contribution in [0.1, 0.15) is 48.4 Å². The Balaban J connectivity index is 1.44. The van der Waals surface area contributed by atoms with Crippen molar-refractivity contribution in [2.24, 2.45) is 0 Å². The molecule has 30 heavy (non-hydrogen) atoms. The molecule has 7 heteroatoms. The van der Waals surface area contributed by atoms with E-state index in [0.717, 1.165) is 41.8 Å². The van der Waals surface area contributed by atoms with Gasteiger partial charge in [-0.2, -0.15) is 5.10 Å². The first kappa shape index (κ1) is 19.5. The summed E-state index contributed by atoms with van der Waals surface area (Å²) in [5.74, 6) is 0.730. The van der Waals surface area contributed by atoms with Gasteiger partial charge in [-0.05, 0) is 49.3 Å². The summed E-state index contributed by atoms with van der Waals surface area (Å²) < 4.78 is 1.89. The molecule has 7 nitrogen and oxygen atoms in total. The average Bonchev–Trinajstić information content (AvgIpc) is 3.20. The lowest BCUT2D eigenvalue weighted by Gasteiger charge is -2.37. The molecule has 0 radical (unpaired) electrons. The van der Waals surface area contributed by atoms with Crippen molar-refractivity contribution in [1.82, 2.24) is 19.5 Å². The van der Waals surface area contributed by atoms with Crippen LogP contribution in [0.25, 0.3) is 5.52 Å². The predicted octanol–water partition coefficient (Wildman–Crippen LogP) is 2.67. The van der Waals surface area contributed by atoms with Gasteiger partial charge in [0, 0.05) is 24.8 Å². The predicted molar refractivity (Wildman–Crippen MR) is 115 cm³/mol. The molecular weight excluding hydrogens is 378 g/mol. The van der Waals surface area contributed by atoms with E-state index in [1.165, 1.54) is 18.4 Å². The van der Waals surface area contributed by atoms with E-state index >= 15 is 0 Å². The topological polar surface area (TPSA) is 85.9 Å². The summed E-state index contributed by atoms with van der Waals surface area (Å²) in [6.45, 7) is 2.97. The van der Waals surface area contributed by atoms with E-state index in [1.807, 2.05) is 34.8 Å². The van der Waals surface area contributed by atoms with E-state index < -0.39 is 0 Å². The smallest absolute Gasteiger partial charge is 0.154 e. The van der Waals surface area contributed by atoms with E-state index in [1.54, 1.807) is 6.33 Å². The fourth-order valence-electron chi connectivity index (χ4n) is 5.26. The molecule has 2 aliphatic rings. The lowest BCUT2D eigenvalue weighted by Crippen LogP contribution is -2.44. The molecule has 4 heterocycles. The van der Waals surface area contributed by atoms with Crippen molar-refractivity contribution in [3.8, 4) is 0 Å². The normalized spacial score (nSPS) is 25.0. The first-order chi connectivity index (χ1) is 14.6. The van der Waals surface area contributed by atoms with Gasteiger partial charge >= 0.3 is 0 Å². The summed E-state index contributed by atoms with van der Waals surface area (Å²) >= 11 is 0. The van der Waals surface area contributed by atoms with Crippen LogP contribution in [0.5, 0.6) is 0 Å². The van der Waals surface area contributed by atoms with Crippen LogP contribution in [0.2, 0.25) is 0 Å². The Labute approximate surface area is 176 Å². The van der Waals surface area contributed by atoms with Crippen molar-refractivity contribution in [2.75, 3.05) is 11.9 Å². The summed E-state index contributed by atoms with van der Waals surface area (Å²) in [6.07, 6.45) is 7.61. The summed E-state index contributed by atoms with van der Waals surface area (Å²) in [7, 11) is 0. The van der Waals surface area contributed by atoms with Gasteiger partial charge in [-0.15, -0.1) is 0 Å². The standard InChI is InChI=1S/C23H29N5O2/c1-15-17(11-27-18-7-8-19(27)10-20(30)9-18)12-28-22(15)23(24-14-25-28)26-21(13-29)16-5-3-2-4-6-16/h2-6,12,14,18-21,29-30H,7-11,13H2,1H3,(H,24,25,26). The Bertz CT molecular complexity index is 1010. The Hall–Kier alpha value is -2.48. The van der Waals surface area contributed by atoms with Gasteiger partial charge < -0.3 is 15.5 Å². The number of aromatic nitrogens is 3. The molecule has 1 aromatic carbocycles. The van der Waals surface area contributed by atoms with Gasteiger partial charge in [-0.1, -0.05) is 30.3 Å². The maximum absolute atomic E-state index is 10.1. The van der Waals surface area contributed by atoms with E-state index in [-0.39, 0.29) is 18.8 Å². The third-order valence-electron chi connectivity index (χ3n) is 6.84. The van der Waals surface area contributed by atoms with Crippen molar-refractivity contribution in [3.05, 3.63) is 59.5 Å². The van der Waals surface area contributed by atoms with Crippen LogP contribution in [0.4, 0.5) is 5.82 Å². The molecule has 3 N–H and O–H groups in total. The highest BCUT2D eigenvalue weighted by Gasteiger charge is 2.40. The number of aliphatic hydroxyl groups is 2. The monoisotopic (exact) mass is 407 g/mol. The van der Waals surface area contributed by atoms with Gasteiger partial charge in [-0.25, -0.2) is 9.50 Å². The van der Waals surface area contributed by atoms with E-state index in [2.05, 4.69) is 33.4 Å². The number of nitrogens with one attached hydrogen (secondary N) is 1.